The first-order valence-electron chi connectivity index (χ1n) is 12.9. The highest BCUT2D eigenvalue weighted by molar-refractivity contribution is 7.92. The molecule has 8 heteroatoms. The van der Waals surface area contributed by atoms with Gasteiger partial charge in [-0.3, -0.25) is 13.9 Å². The molecule has 0 saturated heterocycles. The van der Waals surface area contributed by atoms with E-state index in [9.17, 15) is 18.0 Å². The van der Waals surface area contributed by atoms with Crippen LogP contribution in [0, 0.1) is 13.8 Å². The lowest BCUT2D eigenvalue weighted by Crippen LogP contribution is -2.52. The van der Waals surface area contributed by atoms with Gasteiger partial charge in [-0.2, -0.15) is 0 Å². The van der Waals surface area contributed by atoms with Gasteiger partial charge in [0, 0.05) is 13.1 Å². The Bertz CT molecular complexity index is 1310. The first-order chi connectivity index (χ1) is 18.2. The summed E-state index contributed by atoms with van der Waals surface area (Å²) in [5.74, 6) is -0.702. The van der Waals surface area contributed by atoms with Gasteiger partial charge in [-0.05, 0) is 56.5 Å². The molecule has 0 fully saturated rings. The van der Waals surface area contributed by atoms with Crippen molar-refractivity contribution in [3.05, 3.63) is 95.6 Å². The topological polar surface area (TPSA) is 86.8 Å². The smallest absolute Gasteiger partial charge is 0.264 e. The molecule has 0 spiro atoms. The van der Waals surface area contributed by atoms with Gasteiger partial charge in [-0.25, -0.2) is 8.42 Å². The van der Waals surface area contributed by atoms with Crippen LogP contribution in [0.1, 0.15) is 43.4 Å². The highest BCUT2D eigenvalue weighted by atomic mass is 32.2. The largest absolute Gasteiger partial charge is 0.354 e. The zero-order valence-electron chi connectivity index (χ0n) is 22.6. The van der Waals surface area contributed by atoms with Crippen molar-refractivity contribution in [2.24, 2.45) is 0 Å². The first-order valence-corrected chi connectivity index (χ1v) is 14.4. The second kappa shape index (κ2) is 13.2. The molecule has 3 rings (SSSR count). The van der Waals surface area contributed by atoms with E-state index in [0.717, 1.165) is 27.4 Å². The average Bonchev–Trinajstić information content (AvgIpc) is 2.92. The minimum Gasteiger partial charge on any atom is -0.354 e. The molecule has 0 aliphatic rings. The van der Waals surface area contributed by atoms with E-state index < -0.39 is 28.5 Å². The summed E-state index contributed by atoms with van der Waals surface area (Å²) in [6, 6.07) is 22.1. The molecule has 1 N–H and O–H groups in total. The van der Waals surface area contributed by atoms with Gasteiger partial charge in [-0.1, -0.05) is 79.6 Å². The number of nitrogens with one attached hydrogen (secondary N) is 1. The van der Waals surface area contributed by atoms with Gasteiger partial charge in [0.1, 0.15) is 12.6 Å². The number of benzene rings is 3. The number of rotatable bonds is 12. The molecule has 3 aromatic carbocycles. The second-order valence-corrected chi connectivity index (χ2v) is 11.2. The van der Waals surface area contributed by atoms with Crippen LogP contribution in [0.3, 0.4) is 0 Å². The van der Waals surface area contributed by atoms with Crippen LogP contribution < -0.4 is 9.62 Å². The molecule has 0 heterocycles. The van der Waals surface area contributed by atoms with Gasteiger partial charge >= 0.3 is 0 Å². The fourth-order valence-corrected chi connectivity index (χ4v) is 5.57. The van der Waals surface area contributed by atoms with Crippen LogP contribution in [0.4, 0.5) is 5.69 Å². The molecular weight excluding hydrogens is 498 g/mol. The third-order valence-electron chi connectivity index (χ3n) is 6.34. The summed E-state index contributed by atoms with van der Waals surface area (Å²) in [5.41, 5.74) is 3.29. The van der Waals surface area contributed by atoms with Gasteiger partial charge in [0.05, 0.1) is 10.6 Å². The van der Waals surface area contributed by atoms with Gasteiger partial charge in [-0.15, -0.1) is 0 Å². The molecule has 0 unspecified atom stereocenters. The number of anilines is 1. The summed E-state index contributed by atoms with van der Waals surface area (Å²) in [5, 5.41) is 2.90. The molecule has 0 aliphatic carbocycles. The Kier molecular flexibility index (Phi) is 10.1. The molecule has 0 aromatic heterocycles. The lowest BCUT2D eigenvalue weighted by molar-refractivity contribution is -0.140. The SMILES string of the molecule is CCCNC(=O)[C@@H](CC)N(Cc1ccc(C)cc1)C(=O)CN(c1ccc(C)cc1)S(=O)(=O)c1ccccc1. The molecular formula is C30H37N3O4S. The summed E-state index contributed by atoms with van der Waals surface area (Å²) in [7, 11) is -4.06. The predicted molar refractivity (Wildman–Crippen MR) is 151 cm³/mol. The van der Waals surface area contributed by atoms with E-state index >= 15 is 0 Å². The maximum Gasteiger partial charge on any atom is 0.264 e. The Labute approximate surface area is 226 Å². The third-order valence-corrected chi connectivity index (χ3v) is 8.13. The molecule has 0 radical (unpaired) electrons. The minimum absolute atomic E-state index is 0.0891. The summed E-state index contributed by atoms with van der Waals surface area (Å²) >= 11 is 0. The van der Waals surface area contributed by atoms with E-state index in [1.54, 1.807) is 30.3 Å². The predicted octanol–water partition coefficient (Wildman–Crippen LogP) is 4.83. The summed E-state index contributed by atoms with van der Waals surface area (Å²) in [6.07, 6.45) is 1.16. The molecule has 3 aromatic rings. The Morgan fingerprint density at radius 3 is 1.97 bits per heavy atom. The van der Waals surface area contributed by atoms with E-state index in [2.05, 4.69) is 5.32 Å². The zero-order chi connectivity index (χ0) is 27.7. The second-order valence-electron chi connectivity index (χ2n) is 9.38. The lowest BCUT2D eigenvalue weighted by atomic mass is 10.1. The van der Waals surface area contributed by atoms with Gasteiger partial charge in [0.2, 0.25) is 11.8 Å². The Morgan fingerprint density at radius 2 is 1.42 bits per heavy atom. The molecule has 7 nitrogen and oxygen atoms in total. The first kappa shape index (κ1) is 28.9. The summed E-state index contributed by atoms with van der Waals surface area (Å²) in [4.78, 5) is 28.6. The Hall–Kier alpha value is -3.65. The van der Waals surface area contributed by atoms with Crippen molar-refractivity contribution in [2.75, 3.05) is 17.4 Å². The Balaban J connectivity index is 2.02. The fraction of sp³-hybridized carbons (Fsp3) is 0.333. The van der Waals surface area contributed by atoms with Crippen LogP contribution in [-0.4, -0.2) is 44.3 Å². The number of nitrogens with zero attached hydrogens (tertiary/aromatic N) is 2. The molecule has 1 atom stereocenters. The van der Waals surface area contributed by atoms with Crippen molar-refractivity contribution in [1.29, 1.82) is 0 Å². The monoisotopic (exact) mass is 535 g/mol. The number of aryl methyl sites for hydroxylation is 2. The van der Waals surface area contributed by atoms with Crippen molar-refractivity contribution in [3.8, 4) is 0 Å². The molecule has 0 saturated carbocycles. The number of amides is 2. The third kappa shape index (κ3) is 7.22. The normalized spacial score (nSPS) is 12.0. The number of carbonyl (C=O) groups is 2. The number of hydrogen-bond donors (Lipinski definition) is 1. The maximum absolute atomic E-state index is 14.0. The van der Waals surface area contributed by atoms with Crippen molar-refractivity contribution < 1.29 is 18.0 Å². The van der Waals surface area contributed by atoms with Crippen LogP contribution >= 0.6 is 0 Å². The Morgan fingerprint density at radius 1 is 0.842 bits per heavy atom. The van der Waals surface area contributed by atoms with E-state index in [-0.39, 0.29) is 17.3 Å². The van der Waals surface area contributed by atoms with E-state index in [4.69, 9.17) is 0 Å². The van der Waals surface area contributed by atoms with E-state index in [0.29, 0.717) is 18.7 Å². The standard InChI is InChI=1S/C30H37N3O4S/c1-5-20-31-30(35)28(6-2)32(21-25-16-12-23(3)13-17-25)29(34)22-33(26-18-14-24(4)15-19-26)38(36,37)27-10-8-7-9-11-27/h7-19,28H,5-6,20-22H2,1-4H3,(H,31,35)/t28-/m1/s1. The number of sulfonamides is 1. The molecule has 202 valence electrons. The zero-order valence-corrected chi connectivity index (χ0v) is 23.4. The van der Waals surface area contributed by atoms with Crippen LogP contribution in [0.2, 0.25) is 0 Å². The average molecular weight is 536 g/mol. The van der Waals surface area contributed by atoms with Crippen LogP contribution in [-0.2, 0) is 26.2 Å². The van der Waals surface area contributed by atoms with E-state index in [1.165, 1.54) is 17.0 Å². The number of carbonyl (C=O) groups excluding carboxylic acids is 2. The molecule has 38 heavy (non-hydrogen) atoms. The van der Waals surface area contributed by atoms with Crippen LogP contribution in [0.15, 0.2) is 83.8 Å². The molecule has 0 aliphatic heterocycles. The van der Waals surface area contributed by atoms with E-state index in [1.807, 2.05) is 64.1 Å². The quantitative estimate of drug-likeness (QED) is 0.360. The highest BCUT2D eigenvalue weighted by Crippen LogP contribution is 2.25. The molecule has 0 bridgehead atoms. The van der Waals surface area contributed by atoms with Crippen molar-refractivity contribution in [1.82, 2.24) is 10.2 Å². The molecule has 2 amide bonds. The van der Waals surface area contributed by atoms with Crippen molar-refractivity contribution >= 4 is 27.5 Å². The minimum atomic E-state index is -4.06. The van der Waals surface area contributed by atoms with Gasteiger partial charge in [0.15, 0.2) is 0 Å². The maximum atomic E-state index is 14.0. The van der Waals surface area contributed by atoms with Gasteiger partial charge in [0.25, 0.3) is 10.0 Å². The van der Waals surface area contributed by atoms with Crippen LogP contribution in [0.5, 0.6) is 0 Å². The van der Waals surface area contributed by atoms with Crippen LogP contribution in [0.25, 0.3) is 0 Å². The number of hydrogen-bond acceptors (Lipinski definition) is 4. The summed E-state index contributed by atoms with van der Waals surface area (Å²) in [6.45, 7) is 7.95. The van der Waals surface area contributed by atoms with Gasteiger partial charge < -0.3 is 10.2 Å². The fourth-order valence-electron chi connectivity index (χ4n) is 4.14. The lowest BCUT2D eigenvalue weighted by Gasteiger charge is -2.33. The van der Waals surface area contributed by atoms with Crippen molar-refractivity contribution in [3.63, 3.8) is 0 Å². The highest BCUT2D eigenvalue weighted by Gasteiger charge is 2.33. The summed E-state index contributed by atoms with van der Waals surface area (Å²) < 4.78 is 28.7. The van der Waals surface area contributed by atoms with Crippen molar-refractivity contribution in [2.45, 2.75) is 58.0 Å².